The van der Waals surface area contributed by atoms with Crippen molar-refractivity contribution in [3.8, 4) is 0 Å². The molecule has 0 radical (unpaired) electrons. The van der Waals surface area contributed by atoms with Crippen molar-refractivity contribution in [2.24, 2.45) is 5.92 Å². The van der Waals surface area contributed by atoms with Gasteiger partial charge >= 0.3 is 0 Å². The van der Waals surface area contributed by atoms with Gasteiger partial charge in [0.15, 0.2) is 0 Å². The second kappa shape index (κ2) is 4.99. The van der Waals surface area contributed by atoms with Crippen LogP contribution in [0.2, 0.25) is 0 Å². The van der Waals surface area contributed by atoms with Gasteiger partial charge in [0, 0.05) is 42.7 Å². The third kappa shape index (κ3) is 2.21. The largest absolute Gasteiger partial charge is 0.366 e. The Bertz CT molecular complexity index is 658. The van der Waals surface area contributed by atoms with Gasteiger partial charge in [-0.3, -0.25) is 0 Å². The van der Waals surface area contributed by atoms with Crippen LogP contribution in [0.3, 0.4) is 0 Å². The molecule has 3 aliphatic rings. The van der Waals surface area contributed by atoms with Crippen molar-refractivity contribution in [3.05, 3.63) is 34.5 Å². The summed E-state index contributed by atoms with van der Waals surface area (Å²) in [6, 6.07) is 1.85. The normalized spacial score (nSPS) is 30.7. The molecule has 22 heavy (non-hydrogen) atoms. The van der Waals surface area contributed by atoms with Crippen LogP contribution in [0.25, 0.3) is 0 Å². The third-order valence-electron chi connectivity index (χ3n) is 4.88. The molecule has 1 saturated carbocycles. The minimum atomic E-state index is 0.200. The molecule has 5 rings (SSSR count). The van der Waals surface area contributed by atoms with Crippen LogP contribution >= 0.6 is 11.3 Å². The molecule has 1 aliphatic carbocycles. The van der Waals surface area contributed by atoms with Gasteiger partial charge < -0.3 is 9.64 Å². The van der Waals surface area contributed by atoms with E-state index in [1.165, 1.54) is 23.5 Å². The van der Waals surface area contributed by atoms with Crippen molar-refractivity contribution in [2.75, 3.05) is 18.0 Å². The van der Waals surface area contributed by atoms with E-state index in [1.54, 1.807) is 23.7 Å². The van der Waals surface area contributed by atoms with E-state index in [1.807, 2.05) is 6.07 Å². The standard InChI is InChI=1S/C16H18N4OS/c1-4-17-16(18-5-1)20-7-11-6-13(21-14(11)8-20)15-19-12(9-22-15)10-2-3-10/h1,4-5,9-11,13-14H,2-3,6-8H2/t11-,13-,14+/m0/s1. The summed E-state index contributed by atoms with van der Waals surface area (Å²) in [4.78, 5) is 15.7. The molecule has 6 heteroatoms. The van der Waals surface area contributed by atoms with E-state index in [0.29, 0.717) is 12.0 Å². The first-order valence-corrected chi connectivity index (χ1v) is 8.87. The number of hydrogen-bond acceptors (Lipinski definition) is 6. The Balaban J connectivity index is 1.27. The third-order valence-corrected chi connectivity index (χ3v) is 5.84. The fraction of sp³-hybridized carbons (Fsp3) is 0.562. The number of fused-ring (bicyclic) bond motifs is 1. The Kier molecular flexibility index (Phi) is 2.94. The minimum Gasteiger partial charge on any atom is -0.366 e. The van der Waals surface area contributed by atoms with Gasteiger partial charge in [-0.05, 0) is 25.3 Å². The molecular weight excluding hydrogens is 296 g/mol. The lowest BCUT2D eigenvalue weighted by Gasteiger charge is -2.18. The van der Waals surface area contributed by atoms with Crippen LogP contribution in [-0.4, -0.2) is 34.1 Å². The van der Waals surface area contributed by atoms with E-state index in [0.717, 1.165) is 31.4 Å². The lowest BCUT2D eigenvalue weighted by Crippen LogP contribution is -2.25. The van der Waals surface area contributed by atoms with E-state index in [4.69, 9.17) is 9.72 Å². The SMILES string of the molecule is c1cnc(N2C[C@@H]3C[C@@H](c4nc(C5CC5)cs4)O[C@@H]3C2)nc1. The average molecular weight is 314 g/mol. The van der Waals surface area contributed by atoms with Crippen LogP contribution in [0.15, 0.2) is 23.8 Å². The van der Waals surface area contributed by atoms with Gasteiger partial charge in [-0.1, -0.05) is 0 Å². The molecule has 2 aromatic heterocycles. The number of thiazole rings is 1. The number of ether oxygens (including phenoxy) is 1. The van der Waals surface area contributed by atoms with Gasteiger partial charge in [0.1, 0.15) is 11.1 Å². The average Bonchev–Trinajstić information content (AvgIpc) is 2.98. The molecule has 5 nitrogen and oxygen atoms in total. The molecule has 4 heterocycles. The first-order valence-electron chi connectivity index (χ1n) is 7.99. The molecule has 2 saturated heterocycles. The maximum atomic E-state index is 6.29. The van der Waals surface area contributed by atoms with Crippen molar-refractivity contribution in [1.82, 2.24) is 15.0 Å². The first kappa shape index (κ1) is 13.0. The first-order chi connectivity index (χ1) is 10.9. The number of anilines is 1. The van der Waals surface area contributed by atoms with Gasteiger partial charge in [-0.15, -0.1) is 11.3 Å². The quantitative estimate of drug-likeness (QED) is 0.872. The summed E-state index contributed by atoms with van der Waals surface area (Å²) in [5.74, 6) is 2.13. The van der Waals surface area contributed by atoms with Gasteiger partial charge in [-0.25, -0.2) is 15.0 Å². The zero-order valence-corrected chi connectivity index (χ0v) is 13.1. The summed E-state index contributed by atoms with van der Waals surface area (Å²) in [6.07, 6.45) is 7.79. The molecule has 0 N–H and O–H groups in total. The van der Waals surface area contributed by atoms with Crippen molar-refractivity contribution >= 4 is 17.3 Å². The zero-order chi connectivity index (χ0) is 14.5. The number of rotatable bonds is 3. The summed E-state index contributed by atoms with van der Waals surface area (Å²) >= 11 is 1.78. The number of nitrogens with zero attached hydrogens (tertiary/aromatic N) is 4. The Labute approximate surface area is 133 Å². The second-order valence-electron chi connectivity index (χ2n) is 6.50. The second-order valence-corrected chi connectivity index (χ2v) is 7.39. The van der Waals surface area contributed by atoms with Crippen LogP contribution in [-0.2, 0) is 4.74 Å². The zero-order valence-electron chi connectivity index (χ0n) is 12.3. The molecule has 0 spiro atoms. The maximum absolute atomic E-state index is 6.29. The van der Waals surface area contributed by atoms with E-state index in [2.05, 4.69) is 20.2 Å². The van der Waals surface area contributed by atoms with E-state index < -0.39 is 0 Å². The van der Waals surface area contributed by atoms with E-state index >= 15 is 0 Å². The molecule has 3 fully saturated rings. The lowest BCUT2D eigenvalue weighted by atomic mass is 10.0. The smallest absolute Gasteiger partial charge is 0.225 e. The van der Waals surface area contributed by atoms with E-state index in [-0.39, 0.29) is 6.10 Å². The topological polar surface area (TPSA) is 51.1 Å². The molecule has 0 bridgehead atoms. The summed E-state index contributed by atoms with van der Waals surface area (Å²) < 4.78 is 6.29. The highest BCUT2D eigenvalue weighted by molar-refractivity contribution is 7.09. The number of aromatic nitrogens is 3. The predicted molar refractivity (Wildman–Crippen MR) is 84.1 cm³/mol. The molecule has 2 aliphatic heterocycles. The summed E-state index contributed by atoms with van der Waals surface area (Å²) in [7, 11) is 0. The summed E-state index contributed by atoms with van der Waals surface area (Å²) in [5, 5.41) is 3.41. The van der Waals surface area contributed by atoms with Gasteiger partial charge in [-0.2, -0.15) is 0 Å². The molecule has 3 atom stereocenters. The Morgan fingerprint density at radius 3 is 2.82 bits per heavy atom. The van der Waals surface area contributed by atoms with Crippen molar-refractivity contribution in [3.63, 3.8) is 0 Å². The molecule has 0 amide bonds. The molecule has 114 valence electrons. The van der Waals surface area contributed by atoms with Crippen molar-refractivity contribution in [2.45, 2.75) is 37.4 Å². The fourth-order valence-electron chi connectivity index (χ4n) is 3.56. The van der Waals surface area contributed by atoms with Crippen molar-refractivity contribution in [1.29, 1.82) is 0 Å². The molecular formula is C16H18N4OS. The lowest BCUT2D eigenvalue weighted by molar-refractivity contribution is 0.0487. The van der Waals surface area contributed by atoms with Crippen LogP contribution in [0.1, 0.15) is 42.0 Å². The summed E-state index contributed by atoms with van der Waals surface area (Å²) in [6.45, 7) is 1.89. The Morgan fingerprint density at radius 2 is 2.05 bits per heavy atom. The van der Waals surface area contributed by atoms with Gasteiger partial charge in [0.05, 0.1) is 11.8 Å². The molecule has 0 aromatic carbocycles. The van der Waals surface area contributed by atoms with Crippen LogP contribution < -0.4 is 4.90 Å². The van der Waals surface area contributed by atoms with E-state index in [9.17, 15) is 0 Å². The highest BCUT2D eigenvalue weighted by atomic mass is 32.1. The Hall–Kier alpha value is -1.53. The van der Waals surface area contributed by atoms with Gasteiger partial charge in [0.25, 0.3) is 0 Å². The maximum Gasteiger partial charge on any atom is 0.225 e. The highest BCUT2D eigenvalue weighted by Crippen LogP contribution is 2.45. The van der Waals surface area contributed by atoms with Gasteiger partial charge in [0.2, 0.25) is 5.95 Å². The monoisotopic (exact) mass is 314 g/mol. The minimum absolute atomic E-state index is 0.200. The van der Waals surface area contributed by atoms with Crippen LogP contribution in [0, 0.1) is 5.92 Å². The molecule has 0 unspecified atom stereocenters. The molecule has 2 aromatic rings. The summed E-state index contributed by atoms with van der Waals surface area (Å²) in [5.41, 5.74) is 1.29. The highest BCUT2D eigenvalue weighted by Gasteiger charge is 2.44. The Morgan fingerprint density at radius 1 is 1.18 bits per heavy atom. The predicted octanol–water partition coefficient (Wildman–Crippen LogP) is 2.78. The van der Waals surface area contributed by atoms with Crippen molar-refractivity contribution < 1.29 is 4.74 Å². The fourth-order valence-corrected chi connectivity index (χ4v) is 4.50. The number of hydrogen-bond donors (Lipinski definition) is 0. The van der Waals surface area contributed by atoms with Crippen LogP contribution in [0.5, 0.6) is 0 Å². The van der Waals surface area contributed by atoms with Crippen LogP contribution in [0.4, 0.5) is 5.95 Å².